The van der Waals surface area contributed by atoms with Crippen LogP contribution < -0.4 is 0 Å². The highest BCUT2D eigenvalue weighted by molar-refractivity contribution is 8.00. The van der Waals surface area contributed by atoms with Gasteiger partial charge in [0, 0.05) is 10.6 Å². The van der Waals surface area contributed by atoms with Crippen molar-refractivity contribution in [2.45, 2.75) is 4.90 Å². The second kappa shape index (κ2) is 4.64. The van der Waals surface area contributed by atoms with Crippen molar-refractivity contribution in [3.63, 3.8) is 0 Å². The number of hydrogen-bond acceptors (Lipinski definition) is 3. The second-order valence-corrected chi connectivity index (χ2v) is 5.19. The van der Waals surface area contributed by atoms with Crippen LogP contribution in [0.4, 0.5) is 0 Å². The SMILES string of the molecule is O=S(=O)(O)CCSc1ccccc1. The minimum absolute atomic E-state index is 0.202. The Morgan fingerprint density at radius 2 is 1.85 bits per heavy atom. The van der Waals surface area contributed by atoms with E-state index in [2.05, 4.69) is 0 Å². The monoisotopic (exact) mass is 218 g/mol. The largest absolute Gasteiger partial charge is 0.286 e. The Morgan fingerprint density at radius 1 is 1.23 bits per heavy atom. The molecule has 0 aliphatic rings. The molecule has 0 heterocycles. The van der Waals surface area contributed by atoms with Gasteiger partial charge in [-0.25, -0.2) is 0 Å². The van der Waals surface area contributed by atoms with E-state index in [9.17, 15) is 8.42 Å². The lowest BCUT2D eigenvalue weighted by Gasteiger charge is -1.98. The molecule has 0 radical (unpaired) electrons. The van der Waals surface area contributed by atoms with Crippen LogP contribution in [0.5, 0.6) is 0 Å². The van der Waals surface area contributed by atoms with Crippen molar-refractivity contribution in [3.8, 4) is 0 Å². The molecule has 1 rings (SSSR count). The summed E-state index contributed by atoms with van der Waals surface area (Å²) >= 11 is 1.41. The summed E-state index contributed by atoms with van der Waals surface area (Å²) in [5.41, 5.74) is 0. The molecule has 0 amide bonds. The molecule has 5 heteroatoms. The Balaban J connectivity index is 2.37. The molecule has 72 valence electrons. The van der Waals surface area contributed by atoms with Crippen molar-refractivity contribution in [2.24, 2.45) is 0 Å². The second-order valence-electron chi connectivity index (χ2n) is 2.45. The quantitative estimate of drug-likeness (QED) is 0.617. The van der Waals surface area contributed by atoms with Crippen molar-refractivity contribution in [3.05, 3.63) is 30.3 Å². The fraction of sp³-hybridized carbons (Fsp3) is 0.250. The van der Waals surface area contributed by atoms with Gasteiger partial charge in [0.1, 0.15) is 0 Å². The zero-order chi connectivity index (χ0) is 9.73. The summed E-state index contributed by atoms with van der Waals surface area (Å²) in [7, 11) is -3.82. The van der Waals surface area contributed by atoms with Gasteiger partial charge >= 0.3 is 0 Å². The Bertz CT molecular complexity index is 345. The lowest BCUT2D eigenvalue weighted by Crippen LogP contribution is -2.05. The van der Waals surface area contributed by atoms with Crippen LogP contribution >= 0.6 is 11.8 Å². The summed E-state index contributed by atoms with van der Waals surface area (Å²) in [6.45, 7) is 0. The van der Waals surface area contributed by atoms with Crippen LogP contribution in [0.1, 0.15) is 0 Å². The average molecular weight is 218 g/mol. The van der Waals surface area contributed by atoms with Gasteiger partial charge in [-0.1, -0.05) is 18.2 Å². The highest BCUT2D eigenvalue weighted by Gasteiger charge is 2.03. The molecule has 0 fully saturated rings. The van der Waals surface area contributed by atoms with E-state index >= 15 is 0 Å². The van der Waals surface area contributed by atoms with E-state index in [1.165, 1.54) is 11.8 Å². The molecule has 1 N–H and O–H groups in total. The molecular formula is C8H10O3S2. The standard InChI is InChI=1S/C8H10O3S2/c9-13(10,11)7-6-12-8-4-2-1-3-5-8/h1-5H,6-7H2,(H,9,10,11). The van der Waals surface area contributed by atoms with E-state index in [4.69, 9.17) is 4.55 Å². The summed E-state index contributed by atoms with van der Waals surface area (Å²) in [5, 5.41) is 0. The van der Waals surface area contributed by atoms with E-state index in [0.717, 1.165) is 4.90 Å². The Kier molecular flexibility index (Phi) is 3.77. The smallest absolute Gasteiger partial charge is 0.265 e. The van der Waals surface area contributed by atoms with E-state index in [1.54, 1.807) is 0 Å². The molecule has 0 bridgehead atoms. The number of rotatable bonds is 4. The number of benzene rings is 1. The minimum atomic E-state index is -3.82. The summed E-state index contributed by atoms with van der Waals surface area (Å²) in [6.07, 6.45) is 0. The topological polar surface area (TPSA) is 54.4 Å². The molecule has 0 unspecified atom stereocenters. The first-order valence-corrected chi connectivity index (χ1v) is 6.30. The first kappa shape index (κ1) is 10.6. The predicted molar refractivity (Wildman–Crippen MR) is 53.6 cm³/mol. The Labute approximate surface area is 81.9 Å². The van der Waals surface area contributed by atoms with Crippen LogP contribution in [0.3, 0.4) is 0 Å². The third kappa shape index (κ3) is 4.92. The first-order chi connectivity index (χ1) is 6.08. The maximum atomic E-state index is 10.4. The third-order valence-electron chi connectivity index (χ3n) is 1.35. The van der Waals surface area contributed by atoms with Gasteiger partial charge in [0.05, 0.1) is 5.75 Å². The van der Waals surface area contributed by atoms with E-state index in [-0.39, 0.29) is 5.75 Å². The van der Waals surface area contributed by atoms with Gasteiger partial charge < -0.3 is 0 Å². The van der Waals surface area contributed by atoms with Crippen LogP contribution in [0.25, 0.3) is 0 Å². The van der Waals surface area contributed by atoms with Crippen molar-refractivity contribution < 1.29 is 13.0 Å². The molecular weight excluding hydrogens is 208 g/mol. The van der Waals surface area contributed by atoms with Gasteiger partial charge in [-0.3, -0.25) is 4.55 Å². The lowest BCUT2D eigenvalue weighted by molar-refractivity contribution is 0.485. The molecule has 0 aliphatic heterocycles. The molecule has 0 saturated heterocycles. The van der Waals surface area contributed by atoms with Gasteiger partial charge in [0.25, 0.3) is 10.1 Å². The Morgan fingerprint density at radius 3 is 2.38 bits per heavy atom. The van der Waals surface area contributed by atoms with Crippen LogP contribution in [0.15, 0.2) is 35.2 Å². The van der Waals surface area contributed by atoms with E-state index in [0.29, 0.717) is 5.75 Å². The molecule has 0 saturated carbocycles. The van der Waals surface area contributed by atoms with Gasteiger partial charge in [-0.2, -0.15) is 8.42 Å². The van der Waals surface area contributed by atoms with Crippen molar-refractivity contribution in [1.82, 2.24) is 0 Å². The molecule has 1 aromatic carbocycles. The van der Waals surface area contributed by atoms with Gasteiger partial charge in [-0.05, 0) is 12.1 Å². The van der Waals surface area contributed by atoms with Crippen LogP contribution in [-0.2, 0) is 10.1 Å². The maximum Gasteiger partial charge on any atom is 0.265 e. The van der Waals surface area contributed by atoms with Crippen LogP contribution in [-0.4, -0.2) is 24.5 Å². The van der Waals surface area contributed by atoms with Gasteiger partial charge in [-0.15, -0.1) is 11.8 Å². The molecule has 0 aromatic heterocycles. The van der Waals surface area contributed by atoms with E-state index in [1.807, 2.05) is 30.3 Å². The molecule has 13 heavy (non-hydrogen) atoms. The third-order valence-corrected chi connectivity index (χ3v) is 3.35. The molecule has 0 aliphatic carbocycles. The summed E-state index contributed by atoms with van der Waals surface area (Å²) in [5.74, 6) is 0.176. The predicted octanol–water partition coefficient (Wildman–Crippen LogP) is 1.67. The molecule has 0 spiro atoms. The summed E-state index contributed by atoms with van der Waals surface area (Å²) < 4.78 is 29.2. The normalized spacial score (nSPS) is 11.5. The highest BCUT2D eigenvalue weighted by Crippen LogP contribution is 2.16. The molecule has 0 atom stereocenters. The first-order valence-electron chi connectivity index (χ1n) is 3.71. The highest BCUT2D eigenvalue weighted by atomic mass is 32.2. The van der Waals surface area contributed by atoms with Crippen molar-refractivity contribution in [1.29, 1.82) is 0 Å². The average Bonchev–Trinajstić information content (AvgIpc) is 2.04. The van der Waals surface area contributed by atoms with E-state index < -0.39 is 10.1 Å². The fourth-order valence-electron chi connectivity index (χ4n) is 0.782. The zero-order valence-electron chi connectivity index (χ0n) is 6.88. The number of hydrogen-bond donors (Lipinski definition) is 1. The van der Waals surface area contributed by atoms with Gasteiger partial charge in [0.2, 0.25) is 0 Å². The molecule has 3 nitrogen and oxygen atoms in total. The van der Waals surface area contributed by atoms with Crippen LogP contribution in [0, 0.1) is 0 Å². The summed E-state index contributed by atoms with van der Waals surface area (Å²) in [4.78, 5) is 1.01. The fourth-order valence-corrected chi connectivity index (χ4v) is 2.54. The number of thioether (sulfide) groups is 1. The lowest BCUT2D eigenvalue weighted by atomic mass is 10.4. The van der Waals surface area contributed by atoms with Gasteiger partial charge in [0.15, 0.2) is 0 Å². The summed E-state index contributed by atoms with van der Waals surface area (Å²) in [6, 6.07) is 9.46. The molecule has 1 aromatic rings. The van der Waals surface area contributed by atoms with Crippen molar-refractivity contribution in [2.75, 3.05) is 11.5 Å². The minimum Gasteiger partial charge on any atom is -0.286 e. The zero-order valence-corrected chi connectivity index (χ0v) is 8.51. The Hall–Kier alpha value is -0.520. The van der Waals surface area contributed by atoms with Crippen molar-refractivity contribution >= 4 is 21.9 Å². The maximum absolute atomic E-state index is 10.4. The van der Waals surface area contributed by atoms with Crippen LogP contribution in [0.2, 0.25) is 0 Å².